The minimum absolute atomic E-state index is 0.0258. The van der Waals surface area contributed by atoms with Gasteiger partial charge in [0.1, 0.15) is 17.7 Å². The Bertz CT molecular complexity index is 3060. The smallest absolute Gasteiger partial charge is 0.417 e. The summed E-state index contributed by atoms with van der Waals surface area (Å²) in [6, 6.07) is 17.8. The van der Waals surface area contributed by atoms with Gasteiger partial charge in [-0.05, 0) is 61.9 Å². The van der Waals surface area contributed by atoms with Gasteiger partial charge in [-0.2, -0.15) is 46.5 Å². The highest BCUT2D eigenvalue weighted by atomic mass is 19.4. The molecule has 1 aliphatic rings. The lowest BCUT2D eigenvalue weighted by atomic mass is 10.0. The lowest BCUT2D eigenvalue weighted by Crippen LogP contribution is -2.19. The van der Waals surface area contributed by atoms with Gasteiger partial charge in [0.05, 0.1) is 54.7 Å². The fraction of sp³-hybridized carbons (Fsp3) is 0.244. The first kappa shape index (κ1) is 47.9. The number of imidazole rings is 2. The van der Waals surface area contributed by atoms with E-state index in [1.54, 1.807) is 13.8 Å². The number of halogens is 6. The maximum Gasteiger partial charge on any atom is 0.417 e. The van der Waals surface area contributed by atoms with Crippen molar-refractivity contribution in [3.8, 4) is 34.5 Å². The molecule has 0 radical (unpaired) electrons. The van der Waals surface area contributed by atoms with Crippen molar-refractivity contribution < 1.29 is 50.1 Å². The van der Waals surface area contributed by atoms with Gasteiger partial charge in [0, 0.05) is 29.9 Å². The highest BCUT2D eigenvalue weighted by Crippen LogP contribution is 2.38. The zero-order valence-corrected chi connectivity index (χ0v) is 36.5. The molecule has 0 bridgehead atoms. The molecule has 1 aliphatic heterocycles. The average Bonchev–Trinajstić information content (AvgIpc) is 4.11. The van der Waals surface area contributed by atoms with Crippen LogP contribution in [0.15, 0.2) is 104 Å². The molecular formula is C45H40F6N12O5. The van der Waals surface area contributed by atoms with E-state index in [2.05, 4.69) is 50.7 Å². The molecule has 17 nitrogen and oxygen atoms in total. The normalized spacial score (nSPS) is 13.5. The number of hydrogen-bond donors (Lipinski definition) is 2. The molecule has 0 spiro atoms. The van der Waals surface area contributed by atoms with Crippen LogP contribution in [0.25, 0.3) is 33.8 Å². The third kappa shape index (κ3) is 10.9. The van der Waals surface area contributed by atoms with Gasteiger partial charge in [0.15, 0.2) is 22.7 Å². The van der Waals surface area contributed by atoms with Crippen molar-refractivity contribution >= 4 is 34.7 Å². The summed E-state index contributed by atoms with van der Waals surface area (Å²) < 4.78 is 99.4. The van der Waals surface area contributed by atoms with Crippen molar-refractivity contribution in [2.45, 2.75) is 52.6 Å². The van der Waals surface area contributed by atoms with Crippen LogP contribution in [-0.4, -0.2) is 86.9 Å². The summed E-state index contributed by atoms with van der Waals surface area (Å²) >= 11 is 0. The van der Waals surface area contributed by atoms with Gasteiger partial charge in [-0.25, -0.2) is 29.0 Å². The summed E-state index contributed by atoms with van der Waals surface area (Å²) in [6.45, 7) is 8.85. The van der Waals surface area contributed by atoms with Crippen LogP contribution in [0, 0.1) is 6.92 Å². The zero-order valence-electron chi connectivity index (χ0n) is 36.5. The summed E-state index contributed by atoms with van der Waals surface area (Å²) in [5.41, 5.74) is -0.476. The van der Waals surface area contributed by atoms with E-state index in [0.29, 0.717) is 43.1 Å². The number of aromatic nitrogens is 10. The predicted molar refractivity (Wildman–Crippen MR) is 234 cm³/mol. The Morgan fingerprint density at radius 1 is 0.721 bits per heavy atom. The van der Waals surface area contributed by atoms with E-state index < -0.39 is 35.3 Å². The molecule has 0 saturated carbocycles. The number of carbonyl (C=O) groups is 2. The molecule has 1 saturated heterocycles. The van der Waals surface area contributed by atoms with Crippen molar-refractivity contribution in [2.24, 2.45) is 0 Å². The minimum Gasteiger partial charge on any atom is -0.464 e. The molecule has 2 aromatic carbocycles. The van der Waals surface area contributed by atoms with E-state index in [-0.39, 0.29) is 63.7 Å². The van der Waals surface area contributed by atoms with Gasteiger partial charge in [-0.15, -0.1) is 0 Å². The van der Waals surface area contributed by atoms with E-state index in [0.717, 1.165) is 12.1 Å². The first-order chi connectivity index (χ1) is 32.7. The zero-order chi connectivity index (χ0) is 48.6. The Kier molecular flexibility index (Phi) is 14.5. The van der Waals surface area contributed by atoms with Crippen LogP contribution in [0.1, 0.15) is 64.9 Å². The summed E-state index contributed by atoms with van der Waals surface area (Å²) in [5.74, 6) is -0.817. The molecule has 2 N–H and O–H groups in total. The first-order valence-electron chi connectivity index (χ1n) is 20.9. The third-order valence-corrected chi connectivity index (χ3v) is 9.68. The molecule has 1 unspecified atom stereocenters. The summed E-state index contributed by atoms with van der Waals surface area (Å²) in [6.07, 6.45) is -3.11. The molecule has 1 fully saturated rings. The molecule has 352 valence electrons. The van der Waals surface area contributed by atoms with Crippen LogP contribution < -0.4 is 20.1 Å². The number of nitrogens with one attached hydrogen (secondary N) is 2. The van der Waals surface area contributed by atoms with Crippen molar-refractivity contribution in [1.29, 1.82) is 0 Å². The number of ether oxygens (including phenoxy) is 3. The highest BCUT2D eigenvalue weighted by molar-refractivity contribution is 6.03. The standard InChI is InChI=1S/C23H19F3N6O3.C20H15F3N6O2.C2H6/c1-13-10-17(15-4-2-3-5-16(15)23(24,25)26)31-32-18(11-28-20(13)32)21(33)29-19-6-8-27-22(30-19)35-14-7-9-34-12-14;1-2-31-19-24-10-9-16(27-19)26-18(30)15-11-25-17-8-7-14(28-29(15)17)12-5-3-4-6-13(12)20(21,22)23;1-2/h2-6,8,10-11,14H,7,9,12H2,1H3,(H,27,29,30,33);3-11H,2H2,1H3,(H,24,26,27,30);1-2H3. The largest absolute Gasteiger partial charge is 0.464 e. The van der Waals surface area contributed by atoms with Crippen molar-refractivity contribution in [3.05, 3.63) is 132 Å². The minimum atomic E-state index is -4.56. The quantitative estimate of drug-likeness (QED) is 0.124. The van der Waals surface area contributed by atoms with Crippen LogP contribution in [0.5, 0.6) is 12.0 Å². The predicted octanol–water partition coefficient (Wildman–Crippen LogP) is 8.82. The maximum absolute atomic E-state index is 13.6. The van der Waals surface area contributed by atoms with Crippen LogP contribution in [0.4, 0.5) is 38.0 Å². The molecule has 1 atom stereocenters. The second-order valence-corrected chi connectivity index (χ2v) is 14.2. The average molecular weight is 943 g/mol. The molecule has 9 rings (SSSR count). The number of benzene rings is 2. The highest BCUT2D eigenvalue weighted by Gasteiger charge is 2.35. The number of carbonyl (C=O) groups excluding carboxylic acids is 2. The Morgan fingerprint density at radius 2 is 1.28 bits per heavy atom. The summed E-state index contributed by atoms with van der Waals surface area (Å²) in [5, 5.41) is 13.7. The Balaban J connectivity index is 0.000000196. The SMILES string of the molecule is CC.CCOc1nccc(NC(=O)c2cnc3ccc(-c4ccccc4C(F)(F)F)nn23)n1.Cc1cc(-c2ccccc2C(F)(F)F)nn2c(C(=O)Nc3ccnc(OC4CCOC4)n3)cnc12. The third-order valence-electron chi connectivity index (χ3n) is 9.68. The van der Waals surface area contributed by atoms with Gasteiger partial charge in [-0.1, -0.05) is 50.2 Å². The van der Waals surface area contributed by atoms with Gasteiger partial charge in [0.2, 0.25) is 0 Å². The van der Waals surface area contributed by atoms with Crippen LogP contribution in [0.3, 0.4) is 0 Å². The molecule has 68 heavy (non-hydrogen) atoms. The number of alkyl halides is 6. The van der Waals surface area contributed by atoms with E-state index in [4.69, 9.17) is 14.2 Å². The van der Waals surface area contributed by atoms with Crippen molar-refractivity contribution in [1.82, 2.24) is 49.1 Å². The molecule has 8 aromatic rings. The van der Waals surface area contributed by atoms with E-state index >= 15 is 0 Å². The maximum atomic E-state index is 13.6. The number of rotatable bonds is 10. The molecule has 23 heteroatoms. The molecule has 2 amide bonds. The number of nitrogens with zero attached hydrogens (tertiary/aromatic N) is 10. The van der Waals surface area contributed by atoms with Crippen LogP contribution in [0.2, 0.25) is 0 Å². The first-order valence-corrected chi connectivity index (χ1v) is 20.9. The van der Waals surface area contributed by atoms with Crippen LogP contribution >= 0.6 is 0 Å². The van der Waals surface area contributed by atoms with Gasteiger partial charge >= 0.3 is 24.4 Å². The fourth-order valence-corrected chi connectivity index (χ4v) is 6.68. The fourth-order valence-electron chi connectivity index (χ4n) is 6.68. The van der Waals surface area contributed by atoms with Gasteiger partial charge in [-0.3, -0.25) is 9.59 Å². The van der Waals surface area contributed by atoms with Crippen molar-refractivity contribution in [3.63, 3.8) is 0 Å². The summed E-state index contributed by atoms with van der Waals surface area (Å²) in [4.78, 5) is 50.3. The van der Waals surface area contributed by atoms with E-state index in [1.807, 2.05) is 13.8 Å². The van der Waals surface area contributed by atoms with E-state index in [1.165, 1.54) is 101 Å². The second-order valence-electron chi connectivity index (χ2n) is 14.2. The molecule has 0 aliphatic carbocycles. The number of aryl methyl sites for hydroxylation is 1. The number of anilines is 2. The molecular weight excluding hydrogens is 903 g/mol. The topological polar surface area (TPSA) is 198 Å². The number of hydrogen-bond acceptors (Lipinski definition) is 13. The number of fused-ring (bicyclic) bond motifs is 2. The van der Waals surface area contributed by atoms with Crippen molar-refractivity contribution in [2.75, 3.05) is 30.5 Å². The summed E-state index contributed by atoms with van der Waals surface area (Å²) in [7, 11) is 0. The van der Waals surface area contributed by atoms with Crippen LogP contribution in [-0.2, 0) is 17.1 Å². The van der Waals surface area contributed by atoms with Gasteiger partial charge < -0.3 is 24.8 Å². The van der Waals surface area contributed by atoms with Gasteiger partial charge in [0.25, 0.3) is 11.8 Å². The van der Waals surface area contributed by atoms with E-state index in [9.17, 15) is 35.9 Å². The lowest BCUT2D eigenvalue weighted by molar-refractivity contribution is -0.137. The Hall–Kier alpha value is -8.08. The number of amides is 2. The second kappa shape index (κ2) is 20.6. The molecule has 6 aromatic heterocycles. The monoisotopic (exact) mass is 942 g/mol. The Morgan fingerprint density at radius 3 is 1.88 bits per heavy atom. The Labute approximate surface area is 382 Å². The molecule has 7 heterocycles. The lowest BCUT2D eigenvalue weighted by Gasteiger charge is -2.13.